The van der Waals surface area contributed by atoms with Gasteiger partial charge in [0.2, 0.25) is 0 Å². The van der Waals surface area contributed by atoms with E-state index in [1.807, 2.05) is 18.2 Å². The van der Waals surface area contributed by atoms with Gasteiger partial charge in [0.1, 0.15) is 11.9 Å². The fourth-order valence-corrected chi connectivity index (χ4v) is 4.74. The zero-order chi connectivity index (χ0) is 22.1. The molecule has 2 bridgehead atoms. The average molecular weight is 442 g/mol. The van der Waals surface area contributed by atoms with E-state index in [4.69, 9.17) is 9.47 Å². The van der Waals surface area contributed by atoms with Crippen LogP contribution in [0.5, 0.6) is 0 Å². The fourth-order valence-electron chi connectivity index (χ4n) is 4.74. The van der Waals surface area contributed by atoms with E-state index in [2.05, 4.69) is 32.6 Å². The number of aliphatic hydroxyl groups is 1. The number of urea groups is 1. The Labute approximate surface area is 185 Å². The van der Waals surface area contributed by atoms with Crippen LogP contribution >= 0.6 is 0 Å². The maximum Gasteiger partial charge on any atom is 0.319 e. The number of nitrogens with one attached hydrogen (secondary N) is 2. The molecule has 3 saturated heterocycles. The Morgan fingerprint density at radius 1 is 1.03 bits per heavy atom. The van der Waals surface area contributed by atoms with Crippen molar-refractivity contribution < 1.29 is 23.8 Å². The molecule has 5 unspecified atom stereocenters. The lowest BCUT2D eigenvalue weighted by Crippen LogP contribution is -2.67. The van der Waals surface area contributed by atoms with Crippen molar-refractivity contribution in [3.8, 4) is 0 Å². The number of amides is 2. The number of para-hydroxylation sites is 1. The number of hydrogen-bond acceptors (Lipinski definition) is 6. The summed E-state index contributed by atoms with van der Waals surface area (Å²) >= 11 is 0. The second kappa shape index (κ2) is 9.03. The summed E-state index contributed by atoms with van der Waals surface area (Å²) in [6, 6.07) is 14.3. The second-order valence-corrected chi connectivity index (χ2v) is 8.35. The van der Waals surface area contributed by atoms with Crippen molar-refractivity contribution in [2.75, 3.05) is 43.0 Å². The van der Waals surface area contributed by atoms with Crippen LogP contribution in [-0.2, 0) is 9.47 Å². The fraction of sp³-hybridized carbons (Fsp3) is 0.435. The van der Waals surface area contributed by atoms with Crippen LogP contribution in [0.4, 0.5) is 20.6 Å². The minimum Gasteiger partial charge on any atom is -0.389 e. The summed E-state index contributed by atoms with van der Waals surface area (Å²) in [6.07, 6.45) is -1.78. The van der Waals surface area contributed by atoms with E-state index in [0.29, 0.717) is 12.3 Å². The zero-order valence-electron chi connectivity index (χ0n) is 17.6. The smallest absolute Gasteiger partial charge is 0.319 e. The van der Waals surface area contributed by atoms with E-state index in [-0.39, 0.29) is 11.9 Å². The summed E-state index contributed by atoms with van der Waals surface area (Å²) in [5.74, 6) is -0.378. The highest BCUT2D eigenvalue weighted by Gasteiger charge is 2.52. The van der Waals surface area contributed by atoms with E-state index in [0.717, 1.165) is 26.2 Å². The van der Waals surface area contributed by atoms with E-state index >= 15 is 0 Å². The molecule has 0 aliphatic carbocycles. The van der Waals surface area contributed by atoms with E-state index in [9.17, 15) is 14.3 Å². The molecule has 32 heavy (non-hydrogen) atoms. The summed E-state index contributed by atoms with van der Waals surface area (Å²) in [6.45, 7) is 3.46. The largest absolute Gasteiger partial charge is 0.389 e. The van der Waals surface area contributed by atoms with Crippen molar-refractivity contribution in [2.45, 2.75) is 30.6 Å². The predicted octanol–water partition coefficient (Wildman–Crippen LogP) is 1.62. The van der Waals surface area contributed by atoms with Gasteiger partial charge in [-0.3, -0.25) is 4.90 Å². The molecule has 2 aromatic rings. The normalized spacial score (nSPS) is 30.2. The Hall–Kier alpha value is -2.72. The molecule has 2 amide bonds. The second-order valence-electron chi connectivity index (χ2n) is 8.35. The molecule has 5 atom stereocenters. The predicted molar refractivity (Wildman–Crippen MR) is 117 cm³/mol. The van der Waals surface area contributed by atoms with Gasteiger partial charge in [-0.1, -0.05) is 18.2 Å². The van der Waals surface area contributed by atoms with E-state index < -0.39 is 30.6 Å². The minimum atomic E-state index is -0.844. The molecule has 3 aliphatic rings. The van der Waals surface area contributed by atoms with Gasteiger partial charge in [0.05, 0.1) is 24.8 Å². The first-order valence-electron chi connectivity index (χ1n) is 10.9. The van der Waals surface area contributed by atoms with Crippen LogP contribution in [0.3, 0.4) is 0 Å². The molecule has 2 aromatic carbocycles. The van der Waals surface area contributed by atoms with Gasteiger partial charge in [0, 0.05) is 37.6 Å². The SMILES string of the molecule is O=C(Nc1ccc(F)cc1)NC1C2COC(O2)C(N2CCN(c3ccccc3)CC2)C1O. The molecule has 0 saturated carbocycles. The molecule has 0 radical (unpaired) electrons. The third-order valence-corrected chi connectivity index (χ3v) is 6.39. The summed E-state index contributed by atoms with van der Waals surface area (Å²) in [5.41, 5.74) is 1.64. The standard InChI is InChI=1S/C23H27FN4O4/c24-15-6-8-16(9-7-15)25-23(30)26-19-18-14-31-22(32-18)20(21(19)29)28-12-10-27(11-13-28)17-4-2-1-3-5-17/h1-9,18-22,29H,10-14H2,(H2,25,26,30). The molecule has 170 valence electrons. The molecule has 5 rings (SSSR count). The first-order valence-corrected chi connectivity index (χ1v) is 10.9. The Morgan fingerprint density at radius 2 is 1.75 bits per heavy atom. The number of fused-ring (bicyclic) bond motifs is 2. The Morgan fingerprint density at radius 3 is 2.47 bits per heavy atom. The number of ether oxygens (including phenoxy) is 2. The van der Waals surface area contributed by atoms with Crippen molar-refractivity contribution in [1.82, 2.24) is 10.2 Å². The number of nitrogens with zero attached hydrogens (tertiary/aromatic N) is 2. The third-order valence-electron chi connectivity index (χ3n) is 6.39. The van der Waals surface area contributed by atoms with Gasteiger partial charge in [-0.15, -0.1) is 0 Å². The Kier molecular flexibility index (Phi) is 5.97. The van der Waals surface area contributed by atoms with Crippen molar-refractivity contribution in [3.05, 3.63) is 60.4 Å². The highest BCUT2D eigenvalue weighted by molar-refractivity contribution is 5.89. The highest BCUT2D eigenvalue weighted by Crippen LogP contribution is 2.32. The molecule has 3 fully saturated rings. The first kappa shape index (κ1) is 21.1. The van der Waals surface area contributed by atoms with Gasteiger partial charge in [-0.05, 0) is 36.4 Å². The van der Waals surface area contributed by atoms with Crippen LogP contribution in [-0.4, -0.2) is 79.4 Å². The lowest BCUT2D eigenvalue weighted by Gasteiger charge is -2.47. The number of aliphatic hydroxyl groups excluding tert-OH is 1. The molecular formula is C23H27FN4O4. The number of benzene rings is 2. The number of piperazine rings is 1. The van der Waals surface area contributed by atoms with Crippen LogP contribution < -0.4 is 15.5 Å². The molecule has 9 heteroatoms. The Balaban J connectivity index is 1.22. The number of carbonyl (C=O) groups excluding carboxylic acids is 1. The van der Waals surface area contributed by atoms with Crippen LogP contribution in [0.2, 0.25) is 0 Å². The summed E-state index contributed by atoms with van der Waals surface area (Å²) in [4.78, 5) is 17.0. The average Bonchev–Trinajstić information content (AvgIpc) is 3.25. The van der Waals surface area contributed by atoms with E-state index in [1.54, 1.807) is 0 Å². The Bertz CT molecular complexity index is 923. The van der Waals surface area contributed by atoms with Gasteiger partial charge >= 0.3 is 6.03 Å². The lowest BCUT2D eigenvalue weighted by atomic mass is 9.94. The zero-order valence-corrected chi connectivity index (χ0v) is 17.6. The van der Waals surface area contributed by atoms with Crippen molar-refractivity contribution >= 4 is 17.4 Å². The van der Waals surface area contributed by atoms with Gasteiger partial charge < -0.3 is 30.1 Å². The summed E-state index contributed by atoms with van der Waals surface area (Å²) in [7, 11) is 0. The maximum atomic E-state index is 13.1. The van der Waals surface area contributed by atoms with E-state index in [1.165, 1.54) is 30.0 Å². The number of anilines is 2. The number of rotatable bonds is 4. The van der Waals surface area contributed by atoms with Crippen LogP contribution in [0, 0.1) is 5.82 Å². The van der Waals surface area contributed by atoms with Crippen LogP contribution in [0.25, 0.3) is 0 Å². The first-order chi connectivity index (χ1) is 15.6. The van der Waals surface area contributed by atoms with Crippen LogP contribution in [0.15, 0.2) is 54.6 Å². The van der Waals surface area contributed by atoms with Gasteiger partial charge in [0.25, 0.3) is 0 Å². The molecule has 3 N–H and O–H groups in total. The monoisotopic (exact) mass is 442 g/mol. The molecule has 8 nitrogen and oxygen atoms in total. The van der Waals surface area contributed by atoms with Gasteiger partial charge in [0.15, 0.2) is 6.29 Å². The van der Waals surface area contributed by atoms with Crippen molar-refractivity contribution in [2.24, 2.45) is 0 Å². The van der Waals surface area contributed by atoms with Crippen molar-refractivity contribution in [1.29, 1.82) is 0 Å². The molecule has 3 heterocycles. The quantitative estimate of drug-likeness (QED) is 0.667. The van der Waals surface area contributed by atoms with Gasteiger partial charge in [-0.25, -0.2) is 9.18 Å². The number of hydrogen-bond donors (Lipinski definition) is 3. The van der Waals surface area contributed by atoms with Crippen LogP contribution in [0.1, 0.15) is 0 Å². The summed E-state index contributed by atoms with van der Waals surface area (Å²) < 4.78 is 24.9. The third kappa shape index (κ3) is 4.29. The van der Waals surface area contributed by atoms with Gasteiger partial charge in [-0.2, -0.15) is 0 Å². The number of halogens is 1. The molecular weight excluding hydrogens is 415 g/mol. The molecule has 0 spiro atoms. The number of carbonyl (C=O) groups is 1. The minimum absolute atomic E-state index is 0.309. The highest BCUT2D eigenvalue weighted by atomic mass is 19.1. The molecule has 0 aromatic heterocycles. The molecule has 3 aliphatic heterocycles. The van der Waals surface area contributed by atoms with Crippen molar-refractivity contribution in [3.63, 3.8) is 0 Å². The summed E-state index contributed by atoms with van der Waals surface area (Å²) in [5, 5.41) is 16.7. The topological polar surface area (TPSA) is 86.3 Å². The lowest BCUT2D eigenvalue weighted by molar-refractivity contribution is -0.181. The maximum absolute atomic E-state index is 13.1.